The van der Waals surface area contributed by atoms with Crippen molar-refractivity contribution in [3.63, 3.8) is 0 Å². The number of amides is 1. The van der Waals surface area contributed by atoms with Gasteiger partial charge in [0.15, 0.2) is 5.76 Å². The van der Waals surface area contributed by atoms with E-state index in [4.69, 9.17) is 4.42 Å². The zero-order valence-electron chi connectivity index (χ0n) is 16.5. The Kier molecular flexibility index (Phi) is 6.22. The minimum atomic E-state index is -3.85. The molecule has 6 nitrogen and oxygen atoms in total. The third-order valence-electron chi connectivity index (χ3n) is 5.04. The summed E-state index contributed by atoms with van der Waals surface area (Å²) in [4.78, 5) is 15.1. The Balaban J connectivity index is 1.66. The fourth-order valence-electron chi connectivity index (χ4n) is 3.46. The van der Waals surface area contributed by atoms with Crippen LogP contribution in [0.3, 0.4) is 0 Å². The van der Waals surface area contributed by atoms with Gasteiger partial charge in [0.05, 0.1) is 12.2 Å². The number of carbonyl (C=O) groups is 1. The molecule has 1 fully saturated rings. The van der Waals surface area contributed by atoms with Crippen molar-refractivity contribution in [3.05, 3.63) is 70.1 Å². The van der Waals surface area contributed by atoms with Gasteiger partial charge in [0.2, 0.25) is 5.09 Å². The van der Waals surface area contributed by atoms with E-state index in [2.05, 4.69) is 0 Å². The van der Waals surface area contributed by atoms with Crippen molar-refractivity contribution in [3.8, 4) is 0 Å². The van der Waals surface area contributed by atoms with E-state index >= 15 is 0 Å². The summed E-state index contributed by atoms with van der Waals surface area (Å²) in [5.74, 6) is -2.63. The first-order chi connectivity index (χ1) is 14.9. The predicted octanol–water partition coefficient (Wildman–Crippen LogP) is 4.64. The molecule has 0 saturated carbocycles. The Morgan fingerprint density at radius 2 is 1.87 bits per heavy atom. The molecule has 0 bridgehead atoms. The van der Waals surface area contributed by atoms with Crippen LogP contribution in [0.2, 0.25) is 0 Å². The second-order valence-electron chi connectivity index (χ2n) is 7.15. The maximum Gasteiger partial charge on any atom is 0.294 e. The van der Waals surface area contributed by atoms with Crippen molar-refractivity contribution < 1.29 is 26.4 Å². The van der Waals surface area contributed by atoms with Crippen LogP contribution in [-0.4, -0.2) is 31.7 Å². The summed E-state index contributed by atoms with van der Waals surface area (Å²) < 4.78 is 60.3. The van der Waals surface area contributed by atoms with E-state index in [0.717, 1.165) is 35.1 Å². The maximum atomic E-state index is 14.5. The summed E-state index contributed by atoms with van der Waals surface area (Å²) in [6, 6.07) is 8.99. The standard InChI is InChI=1S/C21H20F2N2O4S2/c22-15-6-7-18(17(23)13-15)25(14-16-5-4-12-30-16)21(26)19-8-9-20(29-19)31(27,28)24-10-2-1-3-11-24/h4-9,12-13H,1-3,10-11,14H2. The van der Waals surface area contributed by atoms with Crippen molar-refractivity contribution in [2.45, 2.75) is 30.9 Å². The molecule has 0 radical (unpaired) electrons. The highest BCUT2D eigenvalue weighted by molar-refractivity contribution is 7.89. The first-order valence-electron chi connectivity index (χ1n) is 9.75. The SMILES string of the molecule is O=C(c1ccc(S(=O)(=O)N2CCCCC2)o1)N(Cc1cccs1)c1ccc(F)cc1F. The van der Waals surface area contributed by atoms with Gasteiger partial charge in [-0.15, -0.1) is 11.3 Å². The lowest BCUT2D eigenvalue weighted by atomic mass is 10.2. The molecule has 31 heavy (non-hydrogen) atoms. The van der Waals surface area contributed by atoms with Crippen LogP contribution in [0, 0.1) is 11.6 Å². The Labute approximate surface area is 182 Å². The largest absolute Gasteiger partial charge is 0.438 e. The van der Waals surface area contributed by atoms with E-state index in [1.54, 1.807) is 12.1 Å². The lowest BCUT2D eigenvalue weighted by Gasteiger charge is -2.24. The van der Waals surface area contributed by atoms with Crippen LogP contribution in [-0.2, 0) is 16.6 Å². The Bertz CT molecular complexity index is 1170. The number of thiophene rings is 1. The van der Waals surface area contributed by atoms with Crippen molar-refractivity contribution in [1.82, 2.24) is 4.31 Å². The molecule has 10 heteroatoms. The molecule has 0 atom stereocenters. The van der Waals surface area contributed by atoms with Crippen LogP contribution >= 0.6 is 11.3 Å². The van der Waals surface area contributed by atoms with E-state index in [1.165, 1.54) is 33.8 Å². The molecular formula is C21H20F2N2O4S2. The van der Waals surface area contributed by atoms with Crippen LogP contribution in [0.4, 0.5) is 14.5 Å². The number of halogens is 2. The first-order valence-corrected chi connectivity index (χ1v) is 12.1. The summed E-state index contributed by atoms with van der Waals surface area (Å²) in [6.45, 7) is 0.823. The van der Waals surface area contributed by atoms with Gasteiger partial charge < -0.3 is 4.42 Å². The summed E-state index contributed by atoms with van der Waals surface area (Å²) in [7, 11) is -3.85. The molecule has 1 aliphatic heterocycles. The second-order valence-corrected chi connectivity index (χ2v) is 10.1. The highest BCUT2D eigenvalue weighted by Gasteiger charge is 2.31. The fraction of sp³-hybridized carbons (Fsp3) is 0.286. The minimum Gasteiger partial charge on any atom is -0.438 e. The topological polar surface area (TPSA) is 70.8 Å². The van der Waals surface area contributed by atoms with Crippen LogP contribution in [0.25, 0.3) is 0 Å². The third-order valence-corrected chi connectivity index (χ3v) is 7.68. The molecule has 1 amide bonds. The fourth-order valence-corrected chi connectivity index (χ4v) is 5.59. The lowest BCUT2D eigenvalue weighted by Crippen LogP contribution is -2.35. The average Bonchev–Trinajstić information content (AvgIpc) is 3.45. The van der Waals surface area contributed by atoms with Gasteiger partial charge in [-0.3, -0.25) is 9.69 Å². The number of hydrogen-bond acceptors (Lipinski definition) is 5. The molecule has 4 rings (SSSR count). The van der Waals surface area contributed by atoms with E-state index in [0.29, 0.717) is 19.2 Å². The summed E-state index contributed by atoms with van der Waals surface area (Å²) in [5.41, 5.74) is -0.128. The lowest BCUT2D eigenvalue weighted by molar-refractivity contribution is 0.0952. The van der Waals surface area contributed by atoms with E-state index in [1.807, 2.05) is 5.38 Å². The number of benzene rings is 1. The molecule has 164 valence electrons. The second kappa shape index (κ2) is 8.89. The predicted molar refractivity (Wildman–Crippen MR) is 113 cm³/mol. The number of furan rings is 1. The van der Waals surface area contributed by atoms with Crippen LogP contribution in [0.15, 0.2) is 57.4 Å². The molecule has 3 heterocycles. The average molecular weight is 467 g/mol. The van der Waals surface area contributed by atoms with Gasteiger partial charge in [0, 0.05) is 24.0 Å². The molecular weight excluding hydrogens is 446 g/mol. The molecule has 0 spiro atoms. The monoisotopic (exact) mass is 466 g/mol. The number of piperidine rings is 1. The van der Waals surface area contributed by atoms with Crippen LogP contribution in [0.5, 0.6) is 0 Å². The molecule has 1 saturated heterocycles. The quantitative estimate of drug-likeness (QED) is 0.531. The van der Waals surface area contributed by atoms with Crippen molar-refractivity contribution in [1.29, 1.82) is 0 Å². The maximum absolute atomic E-state index is 14.5. The number of nitrogens with zero attached hydrogens (tertiary/aromatic N) is 2. The number of sulfonamides is 1. The van der Waals surface area contributed by atoms with Gasteiger partial charge >= 0.3 is 0 Å². The number of rotatable bonds is 6. The van der Waals surface area contributed by atoms with Gasteiger partial charge in [0.1, 0.15) is 11.6 Å². The van der Waals surface area contributed by atoms with Crippen LogP contribution < -0.4 is 4.90 Å². The Morgan fingerprint density at radius 3 is 2.55 bits per heavy atom. The molecule has 0 unspecified atom stereocenters. The highest BCUT2D eigenvalue weighted by atomic mass is 32.2. The highest BCUT2D eigenvalue weighted by Crippen LogP contribution is 2.28. The van der Waals surface area contributed by atoms with Crippen molar-refractivity contribution >= 4 is 33.0 Å². The van der Waals surface area contributed by atoms with Gasteiger partial charge in [-0.1, -0.05) is 12.5 Å². The summed E-state index contributed by atoms with van der Waals surface area (Å²) in [6.07, 6.45) is 2.50. The zero-order chi connectivity index (χ0) is 22.0. The van der Waals surface area contributed by atoms with Gasteiger partial charge in [-0.05, 0) is 48.6 Å². The Hall–Kier alpha value is -2.56. The van der Waals surface area contributed by atoms with Crippen LogP contribution in [0.1, 0.15) is 34.7 Å². The first kappa shape index (κ1) is 21.7. The van der Waals surface area contributed by atoms with Gasteiger partial charge in [-0.2, -0.15) is 4.31 Å². The molecule has 0 N–H and O–H groups in total. The zero-order valence-corrected chi connectivity index (χ0v) is 18.1. The summed E-state index contributed by atoms with van der Waals surface area (Å²) in [5, 5.41) is 1.49. The number of hydrogen-bond donors (Lipinski definition) is 0. The molecule has 1 aromatic carbocycles. The smallest absolute Gasteiger partial charge is 0.294 e. The molecule has 0 aliphatic carbocycles. The third kappa shape index (κ3) is 4.56. The van der Waals surface area contributed by atoms with Crippen molar-refractivity contribution in [2.24, 2.45) is 0 Å². The van der Waals surface area contributed by atoms with Gasteiger partial charge in [0.25, 0.3) is 15.9 Å². The number of anilines is 1. The molecule has 2 aromatic heterocycles. The summed E-state index contributed by atoms with van der Waals surface area (Å²) >= 11 is 1.37. The normalized spacial score (nSPS) is 15.2. The van der Waals surface area contributed by atoms with E-state index in [-0.39, 0.29) is 23.1 Å². The van der Waals surface area contributed by atoms with E-state index in [9.17, 15) is 22.0 Å². The van der Waals surface area contributed by atoms with Gasteiger partial charge in [-0.25, -0.2) is 17.2 Å². The Morgan fingerprint density at radius 1 is 1.10 bits per heavy atom. The van der Waals surface area contributed by atoms with Crippen molar-refractivity contribution in [2.75, 3.05) is 18.0 Å². The molecule has 1 aliphatic rings. The van der Waals surface area contributed by atoms with E-state index < -0.39 is 27.6 Å². The number of carbonyl (C=O) groups excluding carboxylic acids is 1. The minimum absolute atomic E-state index is 0.0218. The molecule has 3 aromatic rings.